The molecule has 0 aliphatic rings. The van der Waals surface area contributed by atoms with Crippen LogP contribution in [0.4, 0.5) is 17.5 Å². The smallest absolute Gasteiger partial charge is 0.306 e. The van der Waals surface area contributed by atoms with Gasteiger partial charge < -0.3 is 91.3 Å². The van der Waals surface area contributed by atoms with Gasteiger partial charge in [-0.3, -0.25) is 42.9 Å². The number of fused-ring (bicyclic) bond motifs is 1. The number of carbonyl (C=O) groups is 8. The van der Waals surface area contributed by atoms with Gasteiger partial charge >= 0.3 is 11.9 Å². The molecule has 0 saturated carbocycles. The molecule has 6 amide bonds. The highest BCUT2D eigenvalue weighted by atomic mass is 32.2. The number of aliphatic hydroxyl groups excluding tert-OH is 1. The molecule has 3 rings (SSSR count). The number of imidazole rings is 1. The number of nitrogens with two attached hydrogens (primary N) is 6. The third-order valence-corrected chi connectivity index (χ3v) is 20.9. The lowest BCUT2D eigenvalue weighted by molar-refractivity contribution is -0.157. The lowest BCUT2D eigenvalue weighted by Gasteiger charge is -2.27. The molecule has 30 heteroatoms. The molecule has 111 heavy (non-hydrogen) atoms. The van der Waals surface area contributed by atoms with Gasteiger partial charge in [0.2, 0.25) is 41.4 Å². The Morgan fingerprint density at radius 3 is 1.29 bits per heavy atom. The van der Waals surface area contributed by atoms with Crippen molar-refractivity contribution in [2.24, 2.45) is 28.7 Å². The van der Waals surface area contributed by atoms with E-state index in [1.165, 1.54) is 132 Å². The Balaban J connectivity index is 1.68. The van der Waals surface area contributed by atoms with Crippen molar-refractivity contribution < 1.29 is 58.0 Å². The van der Waals surface area contributed by atoms with Crippen LogP contribution in [0.15, 0.2) is 24.3 Å². The van der Waals surface area contributed by atoms with E-state index in [2.05, 4.69) is 72.9 Å². The number of ether oxygens (including phenoxy) is 2. The second-order valence-corrected chi connectivity index (χ2v) is 30.7. The maximum Gasteiger partial charge on any atom is 0.306 e. The molecule has 0 radical (unpaired) electrons. The van der Waals surface area contributed by atoms with Crippen LogP contribution in [-0.4, -0.2) is 177 Å². The minimum atomic E-state index is -1.56. The zero-order valence-corrected chi connectivity index (χ0v) is 68.6. The summed E-state index contributed by atoms with van der Waals surface area (Å²) in [6.07, 6.45) is 36.1. The number of nitrogens with zero attached hydrogens (tertiary/aromatic N) is 4. The predicted molar refractivity (Wildman–Crippen MR) is 444 cm³/mol. The van der Waals surface area contributed by atoms with Crippen LogP contribution in [0.25, 0.3) is 11.2 Å². The van der Waals surface area contributed by atoms with Crippen LogP contribution in [0.3, 0.4) is 0 Å². The Labute approximate surface area is 666 Å². The quantitative estimate of drug-likeness (QED) is 0.0184. The first kappa shape index (κ1) is 98.2. The van der Waals surface area contributed by atoms with Gasteiger partial charge in [0, 0.05) is 36.6 Å². The molecular formula is C81H145N17O12S. The molecule has 2 heterocycles. The van der Waals surface area contributed by atoms with Gasteiger partial charge in [-0.15, -0.1) is 0 Å². The van der Waals surface area contributed by atoms with Crippen LogP contribution in [0.1, 0.15) is 296 Å². The Morgan fingerprint density at radius 2 is 0.865 bits per heavy atom. The van der Waals surface area contributed by atoms with Crippen LogP contribution in [0, 0.1) is 0 Å². The number of anilines is 3. The average molecular weight is 1580 g/mol. The number of aromatic hydroxyl groups is 1. The van der Waals surface area contributed by atoms with Crippen molar-refractivity contribution in [3.63, 3.8) is 0 Å². The van der Waals surface area contributed by atoms with Crippen LogP contribution in [0.5, 0.6) is 6.01 Å². The van der Waals surface area contributed by atoms with Gasteiger partial charge in [0.25, 0.3) is 6.01 Å². The van der Waals surface area contributed by atoms with Crippen LogP contribution in [0.2, 0.25) is 0 Å². The number of nitrogen functional groups attached to an aromatic ring is 1. The highest BCUT2D eigenvalue weighted by Gasteiger charge is 2.34. The second-order valence-electron chi connectivity index (χ2n) is 29.6. The summed E-state index contributed by atoms with van der Waals surface area (Å²) in [7, 11) is 0. The fourth-order valence-electron chi connectivity index (χ4n) is 12.9. The van der Waals surface area contributed by atoms with Crippen molar-refractivity contribution in [2.45, 2.75) is 339 Å². The number of rotatable bonds is 70. The van der Waals surface area contributed by atoms with Crippen molar-refractivity contribution in [3.05, 3.63) is 29.8 Å². The van der Waals surface area contributed by atoms with E-state index >= 15 is 0 Å². The van der Waals surface area contributed by atoms with Gasteiger partial charge in [-0.25, -0.2) is 0 Å². The van der Waals surface area contributed by atoms with Gasteiger partial charge in [0.05, 0.1) is 19.2 Å². The maximum absolute atomic E-state index is 14.5. The molecule has 0 aliphatic carbocycles. The number of aromatic nitrogens is 4. The molecule has 0 fully saturated rings. The van der Waals surface area contributed by atoms with E-state index in [4.69, 9.17) is 43.9 Å². The van der Waals surface area contributed by atoms with Gasteiger partial charge in [-0.2, -0.15) is 26.7 Å². The van der Waals surface area contributed by atoms with E-state index in [9.17, 15) is 48.6 Å². The number of hydrogen-bond donors (Lipinski definition) is 15. The van der Waals surface area contributed by atoms with Crippen molar-refractivity contribution in [1.29, 1.82) is 0 Å². The van der Waals surface area contributed by atoms with Crippen LogP contribution in [-0.2, 0) is 54.4 Å². The second kappa shape index (κ2) is 62.5. The van der Waals surface area contributed by atoms with Crippen molar-refractivity contribution >= 4 is 87.8 Å². The molecule has 0 bridgehead atoms. The fraction of sp³-hybridized carbons (Fsp3) is 0.765. The first-order valence-electron chi connectivity index (χ1n) is 42.3. The zero-order chi connectivity index (χ0) is 81.1. The van der Waals surface area contributed by atoms with E-state index in [1.54, 1.807) is 24.3 Å². The minimum Gasteiger partial charge on any atom is -0.480 e. The lowest BCUT2D eigenvalue weighted by Crippen LogP contribution is -2.60. The van der Waals surface area contributed by atoms with Gasteiger partial charge in [-0.05, 0) is 140 Å². The molecule has 0 unspecified atom stereocenters. The molecule has 29 nitrogen and oxygen atoms in total. The van der Waals surface area contributed by atoms with E-state index in [-0.39, 0.29) is 99.6 Å². The van der Waals surface area contributed by atoms with E-state index < -0.39 is 90.4 Å². The Hall–Kier alpha value is -6.96. The highest BCUT2D eigenvalue weighted by molar-refractivity contribution is 7.99. The van der Waals surface area contributed by atoms with Crippen molar-refractivity contribution in [2.75, 3.05) is 73.8 Å². The van der Waals surface area contributed by atoms with E-state index in [0.717, 1.165) is 56.9 Å². The van der Waals surface area contributed by atoms with Gasteiger partial charge in [0.1, 0.15) is 42.9 Å². The maximum atomic E-state index is 14.5. The third-order valence-electron chi connectivity index (χ3n) is 19.7. The topological polar surface area (TPSA) is 479 Å². The summed E-state index contributed by atoms with van der Waals surface area (Å²) >= 11 is 1.20. The number of amides is 6. The number of esters is 2. The number of hydrogen-bond acceptors (Lipinski definition) is 23. The summed E-state index contributed by atoms with van der Waals surface area (Å²) in [5.41, 5.74) is 37.8. The Kier molecular flexibility index (Phi) is 55.3. The lowest BCUT2D eigenvalue weighted by atomic mass is 10.0. The summed E-state index contributed by atoms with van der Waals surface area (Å²) in [4.78, 5) is 125. The van der Waals surface area contributed by atoms with Gasteiger partial charge in [0.15, 0.2) is 17.0 Å². The standard InChI is InChI=1S/C81H145N17O12S/c1-4-7-10-12-14-16-18-20-22-24-26-28-30-44-69(100)109-57-62(110-70(101)45-31-29-27-25-23-21-19-17-15-13-11-8-5-2)58-111-59-63(86)74(102)94-68(56-99)79(107)93-67(43-35-39-53-85)78(106)92-66(42-34-38-52-84)77(105)91-65(41-33-37-51-83)76(104)90-64(40-32-36-50-82)75(103)89-61-48-46-60(47-49-61)55-98-73-71(95-81(98)108)72(87)96-80(97-73)88-54-9-6-3/h46-49,62-68,99H,4-45,50-59,82-86H2,1-3H3,(H,89,103)(H,90,104)(H,91,105)(H,92,106)(H,93,107)(H,94,102)(H,95,108)(H3,87,88,96,97)/t62-,63-,64-,65-,66-,67-,68-/m0/s1. The summed E-state index contributed by atoms with van der Waals surface area (Å²) in [6, 6.07) is -1.05. The molecule has 7 atom stereocenters. The number of aliphatic hydroxyl groups is 1. The number of unbranched alkanes of at least 4 members (excludes halogenated alkanes) is 29. The van der Waals surface area contributed by atoms with Crippen molar-refractivity contribution in [3.8, 4) is 6.01 Å². The molecule has 21 N–H and O–H groups in total. The molecule has 2 aromatic heterocycles. The van der Waals surface area contributed by atoms with Crippen LogP contribution < -0.4 is 71.6 Å². The minimum absolute atomic E-state index is 0.00646. The largest absolute Gasteiger partial charge is 0.480 e. The zero-order valence-electron chi connectivity index (χ0n) is 67.8. The Bertz CT molecular complexity index is 3040. The first-order chi connectivity index (χ1) is 53.9. The SMILES string of the molecule is CCCCCCCCCCCCCCCC(=O)OC[C@@H](CSC[C@H](N)C(=O)N[C@@H](CO)C(=O)N[C@@H](CCCCN)C(=O)N[C@@H](CCCCN)C(=O)N[C@@H](CCCCN)C(=O)N[C@@H](CCCCN)C(=O)Nc1ccc(Cn2c(O)nc3c(N)nc(NCCCC)nc32)cc1)OC(=O)CCCCCCCCCCCCCCC. The monoisotopic (exact) mass is 1580 g/mol. The molecule has 632 valence electrons. The third kappa shape index (κ3) is 43.8. The van der Waals surface area contributed by atoms with Crippen molar-refractivity contribution in [1.82, 2.24) is 46.1 Å². The summed E-state index contributed by atoms with van der Waals surface area (Å²) in [5.74, 6) is -4.59. The fourth-order valence-corrected chi connectivity index (χ4v) is 13.9. The van der Waals surface area contributed by atoms with Crippen LogP contribution >= 0.6 is 11.8 Å². The summed E-state index contributed by atoms with van der Waals surface area (Å²) in [6.45, 7) is 7.47. The van der Waals surface area contributed by atoms with E-state index in [1.807, 2.05) is 0 Å². The molecule has 0 spiro atoms. The molecule has 0 saturated heterocycles. The number of benzene rings is 1. The summed E-state index contributed by atoms with van der Waals surface area (Å²) in [5, 5.41) is 41.1. The van der Waals surface area contributed by atoms with Gasteiger partial charge in [-0.1, -0.05) is 193 Å². The van der Waals surface area contributed by atoms with E-state index in [0.29, 0.717) is 101 Å². The molecule has 0 aliphatic heterocycles. The predicted octanol–water partition coefficient (Wildman–Crippen LogP) is 9.72. The normalized spacial score (nSPS) is 13.3. The number of carbonyl (C=O) groups excluding carboxylic acids is 8. The number of nitrogens with one attached hydrogen (secondary N) is 7. The molecule has 3 aromatic rings. The highest BCUT2D eigenvalue weighted by Crippen LogP contribution is 2.27. The summed E-state index contributed by atoms with van der Waals surface area (Å²) < 4.78 is 13.1. The Morgan fingerprint density at radius 1 is 0.468 bits per heavy atom. The number of thioether (sulfide) groups is 1. The molecule has 1 aromatic carbocycles. The molecular weight excluding hydrogens is 1440 g/mol. The first-order valence-corrected chi connectivity index (χ1v) is 43.5. The average Bonchev–Trinajstić information content (AvgIpc) is 1.64.